The summed E-state index contributed by atoms with van der Waals surface area (Å²) < 4.78 is 59.6. The Labute approximate surface area is 534 Å². The summed E-state index contributed by atoms with van der Waals surface area (Å²) in [5, 5.41) is 28.6. The first-order valence-electron chi connectivity index (χ1n) is 28.2. The van der Waals surface area contributed by atoms with Crippen LogP contribution in [0.5, 0.6) is 69.0 Å². The summed E-state index contributed by atoms with van der Waals surface area (Å²) in [6, 6.07) is 15.2. The molecule has 0 spiro atoms. The minimum atomic E-state index is -2.02. The van der Waals surface area contributed by atoms with Crippen molar-refractivity contribution in [2.75, 3.05) is 49.8 Å². The zero-order valence-electron chi connectivity index (χ0n) is 50.0. The molecule has 476 valence electrons. The summed E-state index contributed by atoms with van der Waals surface area (Å²) in [6.45, 7) is 0. The number of esters is 1. The van der Waals surface area contributed by atoms with Gasteiger partial charge in [0.25, 0.3) is 0 Å². The van der Waals surface area contributed by atoms with Gasteiger partial charge in [-0.15, -0.1) is 0 Å². The summed E-state index contributed by atoms with van der Waals surface area (Å²) in [5.41, 5.74) is 7.44. The summed E-state index contributed by atoms with van der Waals surface area (Å²) in [5.74, 6) is -6.89. The van der Waals surface area contributed by atoms with Crippen LogP contribution >= 0.6 is 23.2 Å². The highest BCUT2D eigenvalue weighted by Crippen LogP contribution is 2.49. The van der Waals surface area contributed by atoms with Gasteiger partial charge in [-0.2, -0.15) is 0 Å². The first kappa shape index (κ1) is 63.1. The zero-order chi connectivity index (χ0) is 65.4. The van der Waals surface area contributed by atoms with Crippen molar-refractivity contribution in [2.24, 2.45) is 5.73 Å². The average Bonchev–Trinajstić information content (AvgIpc) is 0.885. The largest absolute Gasteiger partial charge is 0.497 e. The molecule has 2 unspecified atom stereocenters. The summed E-state index contributed by atoms with van der Waals surface area (Å²) >= 11 is 14.1. The molecule has 6 amide bonds. The molecule has 92 heavy (non-hydrogen) atoms. The summed E-state index contributed by atoms with van der Waals surface area (Å²) in [7, 11) is 9.25. The van der Waals surface area contributed by atoms with Gasteiger partial charge in [0, 0.05) is 35.2 Å². The Morgan fingerprint density at radius 1 is 0.489 bits per heavy atom. The smallest absolute Gasteiger partial charge is 0.333 e. The van der Waals surface area contributed by atoms with Crippen LogP contribution in [0.3, 0.4) is 0 Å². The third kappa shape index (κ3) is 12.3. The van der Waals surface area contributed by atoms with Crippen LogP contribution in [0.4, 0.5) is 0 Å². The highest BCUT2D eigenvalue weighted by Gasteiger charge is 2.42. The number of carbonyl (C=O) groups excluding carboxylic acids is 7. The molecule has 0 saturated heterocycles. The summed E-state index contributed by atoms with van der Waals surface area (Å²) in [6.07, 6.45) is -2.22. The molecule has 6 heterocycles. The molecule has 27 heteroatoms. The Balaban J connectivity index is 1.17. The number of rotatable bonds is 7. The number of aliphatic hydroxyl groups excluding tert-OH is 1. The number of ether oxygens (including phenoxy) is 10. The van der Waals surface area contributed by atoms with Crippen molar-refractivity contribution in [2.45, 2.75) is 54.8 Å². The van der Waals surface area contributed by atoms with Crippen LogP contribution in [-0.4, -0.2) is 108 Å². The fourth-order valence-corrected chi connectivity index (χ4v) is 11.7. The Hall–Kier alpha value is -10.5. The molecule has 7 aromatic carbocycles. The van der Waals surface area contributed by atoms with Gasteiger partial charge in [-0.05, 0) is 112 Å². The molecule has 6 aliphatic heterocycles. The number of methoxy groups -OCH3 is 7. The van der Waals surface area contributed by atoms with E-state index in [-0.39, 0.29) is 130 Å². The third-order valence-electron chi connectivity index (χ3n) is 15.9. The van der Waals surface area contributed by atoms with E-state index in [4.69, 9.17) is 76.3 Å². The third-order valence-corrected chi connectivity index (χ3v) is 16.5. The maximum atomic E-state index is 16.1. The quantitative estimate of drug-likeness (QED) is 0.0753. The number of amides is 6. The number of benzene rings is 7. The number of halogens is 2. The molecular weight excluding hydrogens is 1240 g/mol. The van der Waals surface area contributed by atoms with E-state index in [0.717, 1.165) is 7.11 Å². The van der Waals surface area contributed by atoms with Gasteiger partial charge in [0.2, 0.25) is 41.2 Å². The fourth-order valence-electron chi connectivity index (χ4n) is 11.2. The van der Waals surface area contributed by atoms with Crippen molar-refractivity contribution in [3.8, 4) is 80.1 Å². The molecule has 0 aromatic heterocycles. The van der Waals surface area contributed by atoms with Gasteiger partial charge in [-0.1, -0.05) is 47.5 Å². The second kappa shape index (κ2) is 26.2. The lowest BCUT2D eigenvalue weighted by Gasteiger charge is -2.31. The van der Waals surface area contributed by atoms with Crippen LogP contribution in [0, 0.1) is 0 Å². The average molecular weight is 1300 g/mol. The van der Waals surface area contributed by atoms with Crippen molar-refractivity contribution in [3.05, 3.63) is 164 Å². The van der Waals surface area contributed by atoms with Gasteiger partial charge in [0.15, 0.2) is 29.0 Å². The SMILES string of the molecule is COC(=O)C1NC(=O)[C@H]2NC(=O)[C@H](NC(=O)[C@@H]3NC(=O)C4NC(=O)[C@@H](Cc5ccc(c(Cl)c5)Oc5cc3cc(c5OC)Oc3ccc(cc3Cl)[C@H]2O)NC(=O)[C@@H](N)c2ccc(OC)c(c2)Oc2cc(OC)cc4c2)c2ccc(OC)c(c2)-c2c(OC)cc(OC)cc21. The molecule has 25 nitrogen and oxygen atoms in total. The lowest BCUT2D eigenvalue weighted by Crippen LogP contribution is -2.55. The topological polar surface area (TPSA) is 330 Å². The van der Waals surface area contributed by atoms with E-state index in [1.165, 1.54) is 140 Å². The van der Waals surface area contributed by atoms with Crippen molar-refractivity contribution in [3.63, 3.8) is 0 Å². The summed E-state index contributed by atoms with van der Waals surface area (Å²) in [4.78, 5) is 106. The number of nitrogens with one attached hydrogen (secondary N) is 6. The second-order valence-corrected chi connectivity index (χ2v) is 22.2. The Bertz CT molecular complexity index is 4170. The maximum Gasteiger partial charge on any atom is 0.333 e. The predicted octanol–water partition coefficient (Wildman–Crippen LogP) is 6.89. The van der Waals surface area contributed by atoms with Crippen molar-refractivity contribution in [1.82, 2.24) is 31.9 Å². The highest BCUT2D eigenvalue weighted by molar-refractivity contribution is 6.32. The Morgan fingerprint density at radius 3 is 1.70 bits per heavy atom. The lowest BCUT2D eigenvalue weighted by molar-refractivity contribution is -0.146. The molecule has 13 rings (SSSR count). The minimum absolute atomic E-state index is 0.00445. The van der Waals surface area contributed by atoms with E-state index in [9.17, 15) is 14.7 Å². The molecule has 7 aromatic rings. The number of aliphatic hydroxyl groups is 1. The standard InChI is InChI=1S/C65H59Cl2N7O18/c1-83-34-18-32-19-36(25-34)90-46-22-29(9-15-45(46)86-4)51(68)60(77)69-41-17-28-8-12-43(39(66)16-28)91-48-23-33-24-49(58(48)88-6)92-44-14-11-31(21-40(44)67)57(75)56-64(81)73-55(65(82)89-7)38-26-35(84-2)27-47(87-5)50(38)37-20-30(10-13-42(37)85-3)52(61(78)74-56)71-63(80)54(33)72-62(79)53(32)70-59(41)76/h8-16,18-27,41,51-57,75H,17,68H2,1-7H3,(H,69,77)(H,70,76)(H,71,80)(H,72,79)(H,73,81)(H,74,78)/t41-,51+,52-,53?,54-,55?,56+,57-/m1/s1. The van der Waals surface area contributed by atoms with Gasteiger partial charge in [-0.25, -0.2) is 4.79 Å². The molecule has 17 bridgehead atoms. The molecule has 0 radical (unpaired) electrons. The van der Waals surface area contributed by atoms with E-state index < -0.39 is 89.8 Å². The zero-order valence-corrected chi connectivity index (χ0v) is 51.5. The molecule has 0 saturated carbocycles. The van der Waals surface area contributed by atoms with E-state index >= 15 is 24.0 Å². The van der Waals surface area contributed by atoms with Crippen LogP contribution in [-0.2, 0) is 44.7 Å². The van der Waals surface area contributed by atoms with Gasteiger partial charge < -0.3 is 90.1 Å². The van der Waals surface area contributed by atoms with Crippen LogP contribution < -0.4 is 80.3 Å². The number of hydrogen-bond donors (Lipinski definition) is 8. The first-order valence-corrected chi connectivity index (χ1v) is 29.0. The van der Waals surface area contributed by atoms with E-state index in [0.29, 0.717) is 5.56 Å². The molecule has 9 N–H and O–H groups in total. The first-order chi connectivity index (χ1) is 44.2. The van der Waals surface area contributed by atoms with E-state index in [2.05, 4.69) is 31.9 Å². The molecule has 6 aliphatic rings. The second-order valence-electron chi connectivity index (χ2n) is 21.4. The Morgan fingerprint density at radius 2 is 1.07 bits per heavy atom. The van der Waals surface area contributed by atoms with Crippen molar-refractivity contribution < 1.29 is 86.0 Å². The number of carbonyl (C=O) groups is 7. The van der Waals surface area contributed by atoms with E-state index in [1.54, 1.807) is 18.2 Å². The minimum Gasteiger partial charge on any atom is -0.497 e. The number of hydrogen-bond acceptors (Lipinski definition) is 19. The van der Waals surface area contributed by atoms with Crippen molar-refractivity contribution in [1.29, 1.82) is 0 Å². The van der Waals surface area contributed by atoms with Crippen LogP contribution in [0.2, 0.25) is 10.0 Å². The number of nitrogens with two attached hydrogens (primary N) is 1. The highest BCUT2D eigenvalue weighted by atomic mass is 35.5. The predicted molar refractivity (Wildman–Crippen MR) is 329 cm³/mol. The maximum absolute atomic E-state index is 16.1. The molecule has 0 aliphatic carbocycles. The normalized spacial score (nSPS) is 21.0. The van der Waals surface area contributed by atoms with Crippen LogP contribution in [0.15, 0.2) is 115 Å². The van der Waals surface area contributed by atoms with E-state index in [1.807, 2.05) is 0 Å². The Kier molecular flexibility index (Phi) is 17.9. The lowest BCUT2D eigenvalue weighted by atomic mass is 9.89. The monoisotopic (exact) mass is 1300 g/mol. The number of fused-ring (bicyclic) bond motifs is 14. The fraction of sp³-hybridized carbons (Fsp3) is 0.246. The van der Waals surface area contributed by atoms with Crippen LogP contribution in [0.1, 0.15) is 75.3 Å². The van der Waals surface area contributed by atoms with Gasteiger partial charge >= 0.3 is 5.97 Å². The molecule has 0 fully saturated rings. The van der Waals surface area contributed by atoms with Crippen LogP contribution in [0.25, 0.3) is 11.1 Å². The van der Waals surface area contributed by atoms with Crippen molar-refractivity contribution >= 4 is 64.6 Å². The van der Waals surface area contributed by atoms with Gasteiger partial charge in [0.05, 0.1) is 59.8 Å². The molecule has 8 atom stereocenters. The van der Waals surface area contributed by atoms with Gasteiger partial charge in [0.1, 0.15) is 82.6 Å². The van der Waals surface area contributed by atoms with Gasteiger partial charge in [-0.3, -0.25) is 28.8 Å². The molecular formula is C65H59Cl2N7O18.